The van der Waals surface area contributed by atoms with Crippen molar-refractivity contribution in [2.45, 2.75) is 26.4 Å². The minimum absolute atomic E-state index is 0.00714. The van der Waals surface area contributed by atoms with Gasteiger partial charge in [-0.25, -0.2) is 9.59 Å². The molecule has 6 heteroatoms. The van der Waals surface area contributed by atoms with Crippen molar-refractivity contribution in [2.24, 2.45) is 5.73 Å². The number of hydrogen-bond donors (Lipinski definition) is 3. The van der Waals surface area contributed by atoms with Gasteiger partial charge in [-0.15, -0.1) is 0 Å². The fraction of sp³-hybridized carbons (Fsp3) is 0.333. The van der Waals surface area contributed by atoms with Crippen LogP contribution in [-0.4, -0.2) is 33.3 Å². The van der Waals surface area contributed by atoms with Crippen LogP contribution < -0.4 is 5.73 Å². The second-order valence-corrected chi connectivity index (χ2v) is 3.83. The van der Waals surface area contributed by atoms with Gasteiger partial charge in [-0.3, -0.25) is 0 Å². The molecule has 0 aliphatic rings. The van der Waals surface area contributed by atoms with Crippen LogP contribution in [0.4, 0.5) is 9.59 Å². The van der Waals surface area contributed by atoms with Crippen LogP contribution in [0.3, 0.4) is 0 Å². The third kappa shape index (κ3) is 7.10. The SMILES string of the molecule is CC(C)N(Cc1ccccc1)C(=O)O.NC(=O)O. The summed E-state index contributed by atoms with van der Waals surface area (Å²) in [6, 6.07) is 9.61. The number of nitrogens with two attached hydrogens (primary N) is 1. The van der Waals surface area contributed by atoms with Crippen molar-refractivity contribution in [1.82, 2.24) is 4.90 Å². The van der Waals surface area contributed by atoms with Crippen molar-refractivity contribution >= 4 is 12.2 Å². The first-order valence-corrected chi connectivity index (χ1v) is 5.36. The summed E-state index contributed by atoms with van der Waals surface area (Å²) < 4.78 is 0. The first-order chi connectivity index (χ1) is 8.34. The second-order valence-electron chi connectivity index (χ2n) is 3.83. The average molecular weight is 254 g/mol. The van der Waals surface area contributed by atoms with Crippen molar-refractivity contribution in [1.29, 1.82) is 0 Å². The molecule has 0 saturated carbocycles. The van der Waals surface area contributed by atoms with Crippen LogP contribution >= 0.6 is 0 Å². The number of nitrogens with zero attached hydrogens (tertiary/aromatic N) is 1. The molecule has 0 bridgehead atoms. The molecule has 4 N–H and O–H groups in total. The van der Waals surface area contributed by atoms with Crippen molar-refractivity contribution in [3.05, 3.63) is 35.9 Å². The molecule has 0 aromatic heterocycles. The summed E-state index contributed by atoms with van der Waals surface area (Å²) in [4.78, 5) is 21.1. The maximum atomic E-state index is 10.9. The predicted molar refractivity (Wildman–Crippen MR) is 67.4 cm³/mol. The summed E-state index contributed by atoms with van der Waals surface area (Å²) in [5, 5.41) is 16.1. The molecule has 0 saturated heterocycles. The summed E-state index contributed by atoms with van der Waals surface area (Å²) in [7, 11) is 0. The van der Waals surface area contributed by atoms with Gasteiger partial charge in [-0.1, -0.05) is 30.3 Å². The standard InChI is InChI=1S/C11H15NO2.CH3NO2/c1-9(2)12(11(13)14)8-10-6-4-3-5-7-10;2-1(3)4/h3-7,9H,8H2,1-2H3,(H,13,14);2H2,(H,3,4). The summed E-state index contributed by atoms with van der Waals surface area (Å²) >= 11 is 0. The molecule has 0 aliphatic heterocycles. The van der Waals surface area contributed by atoms with Crippen molar-refractivity contribution in [3.63, 3.8) is 0 Å². The maximum absolute atomic E-state index is 10.9. The third-order valence-electron chi connectivity index (χ3n) is 2.06. The Morgan fingerprint density at radius 3 is 2.00 bits per heavy atom. The van der Waals surface area contributed by atoms with E-state index in [1.165, 1.54) is 4.90 Å². The van der Waals surface area contributed by atoms with E-state index >= 15 is 0 Å². The lowest BCUT2D eigenvalue weighted by Gasteiger charge is -2.23. The molecule has 6 nitrogen and oxygen atoms in total. The molecular formula is C12H18N2O4. The maximum Gasteiger partial charge on any atom is 0.407 e. The first-order valence-electron chi connectivity index (χ1n) is 5.36. The lowest BCUT2D eigenvalue weighted by Crippen LogP contribution is -2.35. The number of carbonyl (C=O) groups is 2. The molecule has 2 amide bonds. The fourth-order valence-corrected chi connectivity index (χ4v) is 1.25. The van der Waals surface area contributed by atoms with Crippen molar-refractivity contribution < 1.29 is 19.8 Å². The van der Waals surface area contributed by atoms with Gasteiger partial charge >= 0.3 is 12.2 Å². The first kappa shape index (κ1) is 15.8. The molecule has 0 fully saturated rings. The van der Waals surface area contributed by atoms with Crippen molar-refractivity contribution in [3.8, 4) is 0 Å². The minimum Gasteiger partial charge on any atom is -0.465 e. The number of amides is 2. The average Bonchev–Trinajstić information content (AvgIpc) is 2.25. The van der Waals surface area contributed by atoms with Gasteiger partial charge in [-0.2, -0.15) is 0 Å². The van der Waals surface area contributed by atoms with Crippen LogP contribution in [0.15, 0.2) is 30.3 Å². The Hall–Kier alpha value is -2.24. The van der Waals surface area contributed by atoms with Gasteiger partial charge in [0, 0.05) is 12.6 Å². The van der Waals surface area contributed by atoms with E-state index in [1.807, 2.05) is 44.2 Å². The van der Waals surface area contributed by atoms with Crippen LogP contribution in [0, 0.1) is 0 Å². The van der Waals surface area contributed by atoms with E-state index in [-0.39, 0.29) is 6.04 Å². The minimum atomic E-state index is -1.33. The Kier molecular flexibility index (Phi) is 6.95. The van der Waals surface area contributed by atoms with Gasteiger partial charge in [0.05, 0.1) is 0 Å². The van der Waals surface area contributed by atoms with Crippen LogP contribution in [0.1, 0.15) is 19.4 Å². The van der Waals surface area contributed by atoms with Crippen LogP contribution in [0.5, 0.6) is 0 Å². The highest BCUT2D eigenvalue weighted by atomic mass is 16.4. The molecule has 0 aliphatic carbocycles. The highest BCUT2D eigenvalue weighted by Crippen LogP contribution is 2.07. The molecule has 0 atom stereocenters. The van der Waals surface area contributed by atoms with E-state index in [1.54, 1.807) is 0 Å². The monoisotopic (exact) mass is 254 g/mol. The Balaban J connectivity index is 0.000000631. The molecule has 0 heterocycles. The van der Waals surface area contributed by atoms with Gasteiger partial charge in [0.2, 0.25) is 0 Å². The normalized spacial score (nSPS) is 9.28. The molecule has 18 heavy (non-hydrogen) atoms. The Morgan fingerprint density at radius 2 is 1.67 bits per heavy atom. The fourth-order valence-electron chi connectivity index (χ4n) is 1.25. The zero-order chi connectivity index (χ0) is 14.1. The number of benzene rings is 1. The summed E-state index contributed by atoms with van der Waals surface area (Å²) in [5.74, 6) is 0. The van der Waals surface area contributed by atoms with Crippen LogP contribution in [0.25, 0.3) is 0 Å². The van der Waals surface area contributed by atoms with E-state index in [9.17, 15) is 4.79 Å². The molecule has 1 rings (SSSR count). The molecule has 1 aromatic carbocycles. The second kappa shape index (κ2) is 7.94. The van der Waals surface area contributed by atoms with Crippen LogP contribution in [-0.2, 0) is 6.54 Å². The summed E-state index contributed by atoms with van der Waals surface area (Å²) in [6.07, 6.45) is -2.20. The molecule has 0 radical (unpaired) electrons. The third-order valence-corrected chi connectivity index (χ3v) is 2.06. The lowest BCUT2D eigenvalue weighted by molar-refractivity contribution is 0.128. The highest BCUT2D eigenvalue weighted by Gasteiger charge is 2.15. The Bertz CT molecular complexity index is 375. The molecule has 0 unspecified atom stereocenters. The van der Waals surface area contributed by atoms with Crippen LogP contribution in [0.2, 0.25) is 0 Å². The molecular weight excluding hydrogens is 236 g/mol. The topological polar surface area (TPSA) is 104 Å². The smallest absolute Gasteiger partial charge is 0.407 e. The van der Waals surface area contributed by atoms with Gasteiger partial charge in [0.25, 0.3) is 0 Å². The van der Waals surface area contributed by atoms with Gasteiger partial charge in [-0.05, 0) is 19.4 Å². The zero-order valence-electron chi connectivity index (χ0n) is 10.4. The van der Waals surface area contributed by atoms with Gasteiger partial charge < -0.3 is 20.8 Å². The zero-order valence-corrected chi connectivity index (χ0v) is 10.4. The van der Waals surface area contributed by atoms with Gasteiger partial charge in [0.1, 0.15) is 0 Å². The summed E-state index contributed by atoms with van der Waals surface area (Å²) in [6.45, 7) is 4.20. The largest absolute Gasteiger partial charge is 0.465 e. The van der Waals surface area contributed by atoms with Crippen molar-refractivity contribution in [2.75, 3.05) is 0 Å². The summed E-state index contributed by atoms with van der Waals surface area (Å²) in [5.41, 5.74) is 5.04. The van der Waals surface area contributed by atoms with E-state index in [2.05, 4.69) is 5.73 Å². The van der Waals surface area contributed by atoms with E-state index < -0.39 is 12.2 Å². The number of hydrogen-bond acceptors (Lipinski definition) is 2. The molecule has 0 spiro atoms. The number of rotatable bonds is 3. The Labute approximate surface area is 106 Å². The molecule has 100 valence electrons. The Morgan fingerprint density at radius 1 is 1.22 bits per heavy atom. The molecule has 1 aromatic rings. The lowest BCUT2D eigenvalue weighted by atomic mass is 10.2. The number of carboxylic acid groups (broad SMARTS) is 2. The van der Waals surface area contributed by atoms with E-state index in [0.29, 0.717) is 6.54 Å². The van der Waals surface area contributed by atoms with Gasteiger partial charge in [0.15, 0.2) is 0 Å². The predicted octanol–water partition coefficient (Wildman–Crippen LogP) is 2.20. The number of primary amides is 1. The highest BCUT2D eigenvalue weighted by molar-refractivity contribution is 5.65. The van der Waals surface area contributed by atoms with E-state index in [0.717, 1.165) is 5.56 Å². The van der Waals surface area contributed by atoms with E-state index in [4.69, 9.17) is 15.0 Å². The quantitative estimate of drug-likeness (QED) is 0.769.